The molecule has 3 aromatic rings. The van der Waals surface area contributed by atoms with Crippen molar-refractivity contribution >= 4 is 33.1 Å². The highest BCUT2D eigenvalue weighted by Crippen LogP contribution is 2.33. The number of non-ortho nitro benzene ring substituents is 1. The molecule has 2 heterocycles. The van der Waals surface area contributed by atoms with Gasteiger partial charge in [0.05, 0.1) is 21.7 Å². The first kappa shape index (κ1) is 20.0. The van der Waals surface area contributed by atoms with Crippen molar-refractivity contribution in [1.82, 2.24) is 4.57 Å². The number of hydrogen-bond acceptors (Lipinski definition) is 7. The standard InChI is InChI=1S/C20H19N3O6S/c1-12-18(29-16-6-4-3-5-15(16)28-12)19(24)21-20-22(9-10-27-2)14-8-7-13(23(25)26)11-17(14)30-20/h3-8,11-12,18H,9-10H2,1-2H3. The molecule has 156 valence electrons. The van der Waals surface area contributed by atoms with E-state index in [9.17, 15) is 14.9 Å². The minimum Gasteiger partial charge on any atom is -0.482 e. The molecule has 1 aromatic heterocycles. The van der Waals surface area contributed by atoms with E-state index in [1.807, 2.05) is 10.6 Å². The lowest BCUT2D eigenvalue weighted by molar-refractivity contribution is -0.384. The summed E-state index contributed by atoms with van der Waals surface area (Å²) in [5.74, 6) is 0.589. The second kappa shape index (κ2) is 8.25. The molecule has 0 spiro atoms. The Balaban J connectivity index is 1.73. The van der Waals surface area contributed by atoms with Gasteiger partial charge in [-0.25, -0.2) is 0 Å². The van der Waals surface area contributed by atoms with Crippen molar-refractivity contribution in [3.63, 3.8) is 0 Å². The highest BCUT2D eigenvalue weighted by molar-refractivity contribution is 7.16. The average Bonchev–Trinajstić information content (AvgIpc) is 3.07. The molecule has 2 aromatic carbocycles. The van der Waals surface area contributed by atoms with Gasteiger partial charge in [-0.1, -0.05) is 23.5 Å². The number of amides is 1. The van der Waals surface area contributed by atoms with Gasteiger partial charge in [0.2, 0.25) is 6.10 Å². The molecule has 1 aliphatic heterocycles. The van der Waals surface area contributed by atoms with Crippen LogP contribution >= 0.6 is 11.3 Å². The number of nitrogens with zero attached hydrogens (tertiary/aromatic N) is 3. The van der Waals surface area contributed by atoms with Crippen LogP contribution in [0.3, 0.4) is 0 Å². The Morgan fingerprint density at radius 3 is 2.70 bits per heavy atom. The number of aromatic nitrogens is 1. The highest BCUT2D eigenvalue weighted by atomic mass is 32.1. The van der Waals surface area contributed by atoms with E-state index in [-0.39, 0.29) is 5.69 Å². The number of carbonyl (C=O) groups is 1. The third kappa shape index (κ3) is 3.79. The zero-order valence-electron chi connectivity index (χ0n) is 16.3. The van der Waals surface area contributed by atoms with Gasteiger partial charge in [0.15, 0.2) is 16.3 Å². The molecule has 4 rings (SSSR count). The number of thiazole rings is 1. The average molecular weight is 429 g/mol. The Morgan fingerprint density at radius 1 is 1.27 bits per heavy atom. The van der Waals surface area contributed by atoms with Crippen LogP contribution in [-0.4, -0.2) is 41.3 Å². The van der Waals surface area contributed by atoms with Crippen LogP contribution in [0.25, 0.3) is 10.2 Å². The SMILES string of the molecule is COCCn1c(=NC(=O)C2Oc3ccccc3OC2C)sc2cc([N+](=O)[O-])ccc21. The largest absolute Gasteiger partial charge is 0.482 e. The first-order valence-corrected chi connectivity index (χ1v) is 10.1. The molecule has 9 nitrogen and oxygen atoms in total. The Bertz CT molecular complexity index is 1180. The fraction of sp³-hybridized carbons (Fsp3) is 0.300. The van der Waals surface area contributed by atoms with Gasteiger partial charge in [-0.3, -0.25) is 14.9 Å². The van der Waals surface area contributed by atoms with Crippen LogP contribution in [0.5, 0.6) is 11.5 Å². The van der Waals surface area contributed by atoms with E-state index >= 15 is 0 Å². The lowest BCUT2D eigenvalue weighted by atomic mass is 10.1. The third-order valence-electron chi connectivity index (χ3n) is 4.69. The highest BCUT2D eigenvalue weighted by Gasteiger charge is 2.34. The normalized spacial score (nSPS) is 18.5. The Morgan fingerprint density at radius 2 is 2.00 bits per heavy atom. The van der Waals surface area contributed by atoms with Crippen LogP contribution in [0.2, 0.25) is 0 Å². The third-order valence-corrected chi connectivity index (χ3v) is 5.73. The van der Waals surface area contributed by atoms with Crippen molar-refractivity contribution in [2.45, 2.75) is 25.7 Å². The van der Waals surface area contributed by atoms with Gasteiger partial charge in [0.1, 0.15) is 6.10 Å². The van der Waals surface area contributed by atoms with Gasteiger partial charge in [0.25, 0.3) is 11.6 Å². The van der Waals surface area contributed by atoms with E-state index < -0.39 is 23.0 Å². The number of carbonyl (C=O) groups excluding carboxylic acids is 1. The molecule has 0 fully saturated rings. The maximum absolute atomic E-state index is 12.9. The van der Waals surface area contributed by atoms with Crippen molar-refractivity contribution in [3.05, 3.63) is 57.4 Å². The number of rotatable bonds is 5. The number of ether oxygens (including phenoxy) is 3. The number of benzene rings is 2. The van der Waals surface area contributed by atoms with E-state index in [4.69, 9.17) is 14.2 Å². The zero-order chi connectivity index (χ0) is 21.3. The van der Waals surface area contributed by atoms with Gasteiger partial charge in [-0.05, 0) is 25.1 Å². The number of para-hydroxylation sites is 2. The summed E-state index contributed by atoms with van der Waals surface area (Å²) in [7, 11) is 1.58. The molecule has 0 aliphatic carbocycles. The molecule has 0 N–H and O–H groups in total. The number of fused-ring (bicyclic) bond motifs is 2. The molecular formula is C20H19N3O6S. The molecule has 2 atom stereocenters. The summed E-state index contributed by atoms with van der Waals surface area (Å²) in [5.41, 5.74) is 0.725. The van der Waals surface area contributed by atoms with Crippen molar-refractivity contribution in [2.24, 2.45) is 4.99 Å². The predicted molar refractivity (Wildman–Crippen MR) is 110 cm³/mol. The van der Waals surface area contributed by atoms with E-state index in [1.165, 1.54) is 23.5 Å². The van der Waals surface area contributed by atoms with Crippen LogP contribution < -0.4 is 14.3 Å². The molecule has 0 saturated carbocycles. The van der Waals surface area contributed by atoms with Crippen LogP contribution in [0, 0.1) is 10.1 Å². The van der Waals surface area contributed by atoms with Gasteiger partial charge in [-0.2, -0.15) is 4.99 Å². The number of nitro benzene ring substituents is 1. The maximum Gasteiger partial charge on any atom is 0.293 e. The fourth-order valence-corrected chi connectivity index (χ4v) is 4.30. The topological polar surface area (TPSA) is 105 Å². The molecule has 1 aliphatic rings. The smallest absolute Gasteiger partial charge is 0.293 e. The summed E-state index contributed by atoms with van der Waals surface area (Å²) in [6.45, 7) is 2.60. The molecular weight excluding hydrogens is 410 g/mol. The second-order valence-corrected chi connectivity index (χ2v) is 7.71. The van der Waals surface area contributed by atoms with Crippen LogP contribution in [-0.2, 0) is 16.1 Å². The van der Waals surface area contributed by atoms with E-state index in [0.717, 1.165) is 5.52 Å². The summed E-state index contributed by atoms with van der Waals surface area (Å²) in [5, 5.41) is 11.1. The van der Waals surface area contributed by atoms with Gasteiger partial charge < -0.3 is 18.8 Å². The first-order valence-electron chi connectivity index (χ1n) is 9.25. The van der Waals surface area contributed by atoms with Crippen LogP contribution in [0.4, 0.5) is 5.69 Å². The lowest BCUT2D eigenvalue weighted by Crippen LogP contribution is -2.43. The quantitative estimate of drug-likeness (QED) is 0.456. The molecule has 10 heteroatoms. The summed E-state index contributed by atoms with van der Waals surface area (Å²) in [6, 6.07) is 11.7. The molecule has 0 radical (unpaired) electrons. The Kier molecular flexibility index (Phi) is 5.51. The Labute approximate surface area is 175 Å². The van der Waals surface area contributed by atoms with Crippen molar-refractivity contribution in [2.75, 3.05) is 13.7 Å². The molecule has 30 heavy (non-hydrogen) atoms. The van der Waals surface area contributed by atoms with Crippen LogP contribution in [0.1, 0.15) is 6.92 Å². The summed E-state index contributed by atoms with van der Waals surface area (Å²) >= 11 is 1.20. The van der Waals surface area contributed by atoms with E-state index in [2.05, 4.69) is 4.99 Å². The zero-order valence-corrected chi connectivity index (χ0v) is 17.1. The number of hydrogen-bond donors (Lipinski definition) is 0. The van der Waals surface area contributed by atoms with Gasteiger partial charge in [0, 0.05) is 25.8 Å². The second-order valence-electron chi connectivity index (χ2n) is 6.70. The summed E-state index contributed by atoms with van der Waals surface area (Å²) in [6.07, 6.45) is -1.41. The molecule has 2 unspecified atom stereocenters. The predicted octanol–water partition coefficient (Wildman–Crippen LogP) is 2.91. The first-order chi connectivity index (χ1) is 14.5. The van der Waals surface area contributed by atoms with Gasteiger partial charge >= 0.3 is 0 Å². The van der Waals surface area contributed by atoms with E-state index in [1.54, 1.807) is 38.3 Å². The van der Waals surface area contributed by atoms with Crippen molar-refractivity contribution in [1.29, 1.82) is 0 Å². The molecule has 1 amide bonds. The minimum absolute atomic E-state index is 0.0187. The Hall–Kier alpha value is -3.24. The van der Waals surface area contributed by atoms with Crippen molar-refractivity contribution in [3.8, 4) is 11.5 Å². The minimum atomic E-state index is -0.893. The van der Waals surface area contributed by atoms with Crippen LogP contribution in [0.15, 0.2) is 47.5 Å². The summed E-state index contributed by atoms with van der Waals surface area (Å²) in [4.78, 5) is 28.3. The maximum atomic E-state index is 12.9. The lowest BCUT2D eigenvalue weighted by Gasteiger charge is -2.29. The van der Waals surface area contributed by atoms with Crippen molar-refractivity contribution < 1.29 is 23.9 Å². The van der Waals surface area contributed by atoms with Gasteiger partial charge in [-0.15, -0.1) is 0 Å². The monoisotopic (exact) mass is 429 g/mol. The number of nitro groups is 1. The molecule has 0 bridgehead atoms. The van der Waals surface area contributed by atoms with E-state index in [0.29, 0.717) is 34.2 Å². The molecule has 0 saturated heterocycles. The summed E-state index contributed by atoms with van der Waals surface area (Å²) < 4.78 is 19.3. The number of methoxy groups -OCH3 is 1. The fourth-order valence-electron chi connectivity index (χ4n) is 3.21.